The number of aliphatic hydroxyl groups is 3. The predicted octanol–water partition coefficient (Wildman–Crippen LogP) is 10.6. The summed E-state index contributed by atoms with van der Waals surface area (Å²) in [5, 5.41) is 30.6. The second-order valence-electron chi connectivity index (χ2n) is 17.2. The fourth-order valence-electron chi connectivity index (χ4n) is 6.58. The molecule has 64 heavy (non-hydrogen) atoms. The number of ether oxygens (including phenoxy) is 2. The SMILES string of the molecule is CCCCC/C=C\C/C=C\C/C=C\CC(O)C(O)CCCC(=O)O[C@H](COC(=O)CCCCCCCCCCCCCCCCCC(C)C)COP(=O)(O)OC[C@@H](O)COP(=O)(O)O. The van der Waals surface area contributed by atoms with Crippen molar-refractivity contribution >= 4 is 27.6 Å². The molecule has 0 aliphatic rings. The second kappa shape index (κ2) is 41.4. The van der Waals surface area contributed by atoms with E-state index in [1.165, 1.54) is 96.3 Å². The van der Waals surface area contributed by atoms with Crippen LogP contribution in [0.4, 0.5) is 0 Å². The minimum absolute atomic E-state index is 0.0947. The molecule has 0 amide bonds. The summed E-state index contributed by atoms with van der Waals surface area (Å²) in [7, 11) is -9.79. The zero-order valence-electron chi connectivity index (χ0n) is 39.5. The molecule has 0 spiro atoms. The highest BCUT2D eigenvalue weighted by Gasteiger charge is 2.28. The van der Waals surface area contributed by atoms with Crippen LogP contribution < -0.4 is 0 Å². The molecule has 0 bridgehead atoms. The van der Waals surface area contributed by atoms with Gasteiger partial charge >= 0.3 is 27.6 Å². The fourth-order valence-corrected chi connectivity index (χ4v) is 7.73. The van der Waals surface area contributed by atoms with Crippen molar-refractivity contribution in [1.82, 2.24) is 0 Å². The first kappa shape index (κ1) is 62.3. The Hall–Kier alpha value is -1.74. The minimum Gasteiger partial charge on any atom is -0.462 e. The van der Waals surface area contributed by atoms with Gasteiger partial charge in [0.25, 0.3) is 0 Å². The maximum absolute atomic E-state index is 12.7. The highest BCUT2D eigenvalue weighted by molar-refractivity contribution is 7.47. The van der Waals surface area contributed by atoms with Crippen molar-refractivity contribution in [1.29, 1.82) is 0 Å². The van der Waals surface area contributed by atoms with Gasteiger partial charge in [0.05, 0.1) is 32.0 Å². The summed E-state index contributed by atoms with van der Waals surface area (Å²) in [6, 6.07) is 0. The Kier molecular flexibility index (Phi) is 40.3. The van der Waals surface area contributed by atoms with Crippen LogP contribution in [0.2, 0.25) is 0 Å². The fraction of sp³-hybridized carbons (Fsp3) is 0.830. The van der Waals surface area contributed by atoms with E-state index >= 15 is 0 Å². The molecule has 6 N–H and O–H groups in total. The van der Waals surface area contributed by atoms with Crippen LogP contribution in [0.3, 0.4) is 0 Å². The van der Waals surface area contributed by atoms with Gasteiger partial charge in [-0.3, -0.25) is 23.2 Å². The predicted molar refractivity (Wildman–Crippen MR) is 251 cm³/mol. The first-order chi connectivity index (χ1) is 30.5. The molecule has 0 aromatic heterocycles. The third-order valence-electron chi connectivity index (χ3n) is 10.4. The van der Waals surface area contributed by atoms with Crippen molar-refractivity contribution in [2.75, 3.05) is 26.4 Å². The van der Waals surface area contributed by atoms with Crippen LogP contribution in [-0.2, 0) is 41.8 Å². The van der Waals surface area contributed by atoms with Crippen LogP contribution >= 0.6 is 15.6 Å². The van der Waals surface area contributed by atoms with Crippen LogP contribution in [0.5, 0.6) is 0 Å². The van der Waals surface area contributed by atoms with Gasteiger partial charge < -0.3 is 39.5 Å². The highest BCUT2D eigenvalue weighted by atomic mass is 31.2. The molecule has 0 saturated heterocycles. The topological polar surface area (TPSA) is 236 Å². The number of hydrogen-bond donors (Lipinski definition) is 6. The molecule has 0 rings (SSSR count). The number of carbonyl (C=O) groups excluding carboxylic acids is 2. The summed E-state index contributed by atoms with van der Waals surface area (Å²) in [5.41, 5.74) is 0. The van der Waals surface area contributed by atoms with Gasteiger partial charge in [-0.1, -0.05) is 166 Å². The average Bonchev–Trinajstić information content (AvgIpc) is 3.24. The molecule has 5 atom stereocenters. The first-order valence-electron chi connectivity index (χ1n) is 24.2. The minimum atomic E-state index is -4.90. The second-order valence-corrected chi connectivity index (χ2v) is 19.9. The summed E-state index contributed by atoms with van der Waals surface area (Å²) in [4.78, 5) is 52.9. The van der Waals surface area contributed by atoms with Crippen molar-refractivity contribution < 1.29 is 71.8 Å². The largest absolute Gasteiger partial charge is 0.472 e. The van der Waals surface area contributed by atoms with Gasteiger partial charge in [-0.25, -0.2) is 9.13 Å². The Morgan fingerprint density at radius 3 is 1.59 bits per heavy atom. The molecular weight excluding hydrogens is 866 g/mol. The van der Waals surface area contributed by atoms with E-state index in [-0.39, 0.29) is 32.1 Å². The van der Waals surface area contributed by atoms with Crippen molar-refractivity contribution in [3.05, 3.63) is 36.5 Å². The number of unbranched alkanes of at least 4 members (excludes halogenated alkanes) is 17. The molecule has 17 heteroatoms. The summed E-state index contributed by atoms with van der Waals surface area (Å²) >= 11 is 0. The highest BCUT2D eigenvalue weighted by Crippen LogP contribution is 2.44. The van der Waals surface area contributed by atoms with E-state index in [1.54, 1.807) is 6.08 Å². The third kappa shape index (κ3) is 44.1. The molecular formula is C47H88O15P2. The smallest absolute Gasteiger partial charge is 0.462 e. The van der Waals surface area contributed by atoms with Gasteiger partial charge in [-0.2, -0.15) is 0 Å². The molecule has 0 aliphatic heterocycles. The van der Waals surface area contributed by atoms with Crippen LogP contribution in [0.25, 0.3) is 0 Å². The summed E-state index contributed by atoms with van der Waals surface area (Å²) < 4.78 is 47.7. The van der Waals surface area contributed by atoms with E-state index in [4.69, 9.17) is 23.8 Å². The summed E-state index contributed by atoms with van der Waals surface area (Å²) in [6.45, 7) is 3.76. The van der Waals surface area contributed by atoms with Crippen molar-refractivity contribution in [2.24, 2.45) is 5.92 Å². The Balaban J connectivity index is 4.66. The molecule has 0 radical (unpaired) electrons. The Bertz CT molecular complexity index is 1320. The monoisotopic (exact) mass is 955 g/mol. The lowest BCUT2D eigenvalue weighted by Crippen LogP contribution is -2.30. The van der Waals surface area contributed by atoms with E-state index in [0.29, 0.717) is 12.8 Å². The number of allylic oxidation sites excluding steroid dienone is 5. The zero-order valence-corrected chi connectivity index (χ0v) is 41.3. The zero-order chi connectivity index (χ0) is 47.7. The molecule has 15 nitrogen and oxygen atoms in total. The van der Waals surface area contributed by atoms with Crippen molar-refractivity contribution in [3.63, 3.8) is 0 Å². The lowest BCUT2D eigenvalue weighted by molar-refractivity contribution is -0.161. The number of phosphoric acid groups is 2. The number of esters is 2. The molecule has 0 saturated carbocycles. The maximum atomic E-state index is 12.7. The number of rotatable bonds is 45. The molecule has 0 aromatic carbocycles. The Morgan fingerprint density at radius 1 is 0.531 bits per heavy atom. The summed E-state index contributed by atoms with van der Waals surface area (Å²) in [6.07, 6.45) is 33.0. The van der Waals surface area contributed by atoms with Crippen LogP contribution in [-0.4, -0.2) is 92.8 Å². The lowest BCUT2D eigenvalue weighted by atomic mass is 10.0. The van der Waals surface area contributed by atoms with Crippen LogP contribution in [0.1, 0.15) is 194 Å². The molecule has 0 heterocycles. The number of aliphatic hydroxyl groups excluding tert-OH is 3. The standard InChI is InChI=1S/C47H88O15P2/c1-4-5-6-7-8-9-10-17-20-23-26-29-33-44(49)45(50)34-31-36-47(52)62-43(40-61-64(56,57)60-38-42(48)37-59-63(53,54)55)39-58-46(51)35-30-27-24-21-18-15-13-11-12-14-16-19-22-25-28-32-41(2)3/h8-9,17,20,26,29,41-45,48-50H,4-7,10-16,18-19,21-25,27-28,30-40H2,1-3H3,(H,56,57)(H2,53,54,55)/b9-8-,20-17-,29-26-/t42-,43+,44?,45?/m0/s1. The number of carbonyl (C=O) groups is 2. The van der Waals surface area contributed by atoms with E-state index in [0.717, 1.165) is 38.0 Å². The molecule has 0 aromatic rings. The van der Waals surface area contributed by atoms with Gasteiger partial charge in [0, 0.05) is 12.8 Å². The van der Waals surface area contributed by atoms with Crippen LogP contribution in [0, 0.1) is 5.92 Å². The lowest BCUT2D eigenvalue weighted by Gasteiger charge is -2.21. The quantitative estimate of drug-likeness (QED) is 0.0144. The number of hydrogen-bond acceptors (Lipinski definition) is 12. The van der Waals surface area contributed by atoms with Gasteiger partial charge in [0.15, 0.2) is 6.10 Å². The normalized spacial score (nSPS) is 15.3. The Morgan fingerprint density at radius 2 is 1.03 bits per heavy atom. The van der Waals surface area contributed by atoms with E-state index < -0.39 is 78.4 Å². The summed E-state index contributed by atoms with van der Waals surface area (Å²) in [5.74, 6) is -0.503. The first-order valence-corrected chi connectivity index (χ1v) is 27.2. The molecule has 3 unspecified atom stereocenters. The van der Waals surface area contributed by atoms with Gasteiger partial charge in [0.1, 0.15) is 12.7 Å². The van der Waals surface area contributed by atoms with E-state index in [9.17, 15) is 38.9 Å². The average molecular weight is 955 g/mol. The number of phosphoric ester groups is 2. The molecule has 376 valence electrons. The Labute approximate surface area is 385 Å². The van der Waals surface area contributed by atoms with Gasteiger partial charge in [0.2, 0.25) is 0 Å². The maximum Gasteiger partial charge on any atom is 0.472 e. The van der Waals surface area contributed by atoms with E-state index in [2.05, 4.69) is 48.0 Å². The molecule has 0 fully saturated rings. The van der Waals surface area contributed by atoms with E-state index in [1.807, 2.05) is 12.2 Å². The third-order valence-corrected chi connectivity index (χ3v) is 11.8. The van der Waals surface area contributed by atoms with Gasteiger partial charge in [-0.15, -0.1) is 0 Å². The van der Waals surface area contributed by atoms with Gasteiger partial charge in [-0.05, 0) is 57.3 Å². The molecule has 0 aliphatic carbocycles. The van der Waals surface area contributed by atoms with Crippen molar-refractivity contribution in [2.45, 2.75) is 219 Å². The van der Waals surface area contributed by atoms with Crippen molar-refractivity contribution in [3.8, 4) is 0 Å². The van der Waals surface area contributed by atoms with Crippen LogP contribution in [0.15, 0.2) is 36.5 Å².